The van der Waals surface area contributed by atoms with Crippen LogP contribution >= 0.6 is 0 Å². The van der Waals surface area contributed by atoms with Crippen molar-refractivity contribution >= 4 is 28.7 Å². The van der Waals surface area contributed by atoms with Crippen molar-refractivity contribution in [3.63, 3.8) is 0 Å². The molecule has 3 aromatic rings. The van der Waals surface area contributed by atoms with Crippen molar-refractivity contribution in [1.82, 2.24) is 15.5 Å². The van der Waals surface area contributed by atoms with E-state index in [1.807, 2.05) is 0 Å². The number of aromatic nitrogens is 2. The summed E-state index contributed by atoms with van der Waals surface area (Å²) in [6.07, 6.45) is 4.64. The molecule has 1 aromatic heterocycles. The number of carbonyl (C=O) groups excluding carboxylic acids is 2. The molecule has 2 aromatic carbocycles. The number of methoxy groups -OCH3 is 1. The van der Waals surface area contributed by atoms with E-state index in [1.165, 1.54) is 32.1 Å². The third-order valence-electron chi connectivity index (χ3n) is 6.47. The molecule has 4 rings (SSSR count). The van der Waals surface area contributed by atoms with Gasteiger partial charge in [-0.1, -0.05) is 18.9 Å². The zero-order chi connectivity index (χ0) is 24.2. The molecule has 0 radical (unpaired) electrons. The fourth-order valence-corrected chi connectivity index (χ4v) is 4.68. The van der Waals surface area contributed by atoms with E-state index in [2.05, 4.69) is 15.5 Å². The van der Waals surface area contributed by atoms with E-state index in [-0.39, 0.29) is 17.9 Å². The molecule has 1 aliphatic rings. The molecule has 1 heterocycles. The Bertz CT molecular complexity index is 1230. The number of benzene rings is 2. The van der Waals surface area contributed by atoms with Gasteiger partial charge in [-0.2, -0.15) is 5.10 Å². The number of aromatic carboxylic acids is 1. The van der Waals surface area contributed by atoms with E-state index in [4.69, 9.17) is 10.5 Å². The first kappa shape index (κ1) is 23.3. The fourth-order valence-electron chi connectivity index (χ4n) is 4.68. The zero-order valence-electron chi connectivity index (χ0n) is 19.0. The number of ether oxygens (including phenoxy) is 1. The minimum Gasteiger partial charge on any atom is -0.496 e. The van der Waals surface area contributed by atoms with Crippen LogP contribution in [0.4, 0.5) is 0 Å². The molecule has 9 heteroatoms. The topological polar surface area (TPSA) is 147 Å². The first-order valence-electron chi connectivity index (χ1n) is 11.3. The minimum absolute atomic E-state index is 0.0616. The maximum absolute atomic E-state index is 12.8. The Morgan fingerprint density at radius 3 is 2.59 bits per heavy atom. The summed E-state index contributed by atoms with van der Waals surface area (Å²) in [4.78, 5) is 36.2. The van der Waals surface area contributed by atoms with Gasteiger partial charge in [0.25, 0.3) is 5.91 Å². The molecule has 0 aliphatic heterocycles. The average Bonchev–Trinajstić information content (AvgIpc) is 3.50. The van der Waals surface area contributed by atoms with Crippen LogP contribution in [0.5, 0.6) is 5.75 Å². The van der Waals surface area contributed by atoms with Gasteiger partial charge >= 0.3 is 5.97 Å². The van der Waals surface area contributed by atoms with Crippen LogP contribution in [0, 0.1) is 5.92 Å². The van der Waals surface area contributed by atoms with Crippen molar-refractivity contribution in [1.29, 1.82) is 0 Å². The number of nitrogens with zero attached hydrogens (tertiary/aromatic N) is 1. The molecule has 0 bridgehead atoms. The van der Waals surface area contributed by atoms with Gasteiger partial charge in [0, 0.05) is 35.4 Å². The molecule has 1 unspecified atom stereocenters. The summed E-state index contributed by atoms with van der Waals surface area (Å²) < 4.78 is 5.43. The molecule has 2 amide bonds. The predicted molar refractivity (Wildman–Crippen MR) is 126 cm³/mol. The third-order valence-corrected chi connectivity index (χ3v) is 6.47. The van der Waals surface area contributed by atoms with Crippen LogP contribution in [0.25, 0.3) is 10.9 Å². The van der Waals surface area contributed by atoms with Gasteiger partial charge in [-0.15, -0.1) is 0 Å². The molecule has 1 atom stereocenters. The summed E-state index contributed by atoms with van der Waals surface area (Å²) >= 11 is 0. The molecule has 5 N–H and O–H groups in total. The van der Waals surface area contributed by atoms with Gasteiger partial charge in [0.05, 0.1) is 23.9 Å². The van der Waals surface area contributed by atoms with Crippen molar-refractivity contribution < 1.29 is 24.2 Å². The summed E-state index contributed by atoms with van der Waals surface area (Å²) in [7, 11) is 1.43. The van der Waals surface area contributed by atoms with Gasteiger partial charge in [0.15, 0.2) is 0 Å². The largest absolute Gasteiger partial charge is 0.496 e. The Balaban J connectivity index is 1.70. The summed E-state index contributed by atoms with van der Waals surface area (Å²) in [5, 5.41) is 20.4. The highest BCUT2D eigenvalue weighted by molar-refractivity contribution is 5.98. The van der Waals surface area contributed by atoms with E-state index in [0.717, 1.165) is 12.8 Å². The first-order valence-corrected chi connectivity index (χ1v) is 11.3. The summed E-state index contributed by atoms with van der Waals surface area (Å²) in [6, 6.07) is 9.73. The van der Waals surface area contributed by atoms with Gasteiger partial charge < -0.3 is 20.9 Å². The number of rotatable bonds is 9. The molecule has 178 valence electrons. The Kier molecular flexibility index (Phi) is 6.81. The maximum Gasteiger partial charge on any atom is 0.335 e. The lowest BCUT2D eigenvalue weighted by Gasteiger charge is -2.18. The number of carboxylic acids is 1. The summed E-state index contributed by atoms with van der Waals surface area (Å²) in [6.45, 7) is 0.659. The number of hydrogen-bond acceptors (Lipinski definition) is 5. The Hall–Kier alpha value is -3.88. The lowest BCUT2D eigenvalue weighted by molar-refractivity contribution is -0.118. The second kappa shape index (κ2) is 9.94. The van der Waals surface area contributed by atoms with Gasteiger partial charge in [0.1, 0.15) is 5.75 Å². The SMILES string of the molecule is COc1cc(C(=O)O)ccc1C(CC(N)=O)c1n[nH]c2ccc(C(=O)NCC3CCCC3)cc12. The van der Waals surface area contributed by atoms with Crippen LogP contribution in [0.3, 0.4) is 0 Å². The second-order valence-corrected chi connectivity index (χ2v) is 8.71. The van der Waals surface area contributed by atoms with E-state index in [1.54, 1.807) is 24.3 Å². The van der Waals surface area contributed by atoms with Gasteiger partial charge in [-0.3, -0.25) is 14.7 Å². The van der Waals surface area contributed by atoms with Crippen LogP contribution in [0.1, 0.15) is 70.0 Å². The number of aromatic amines is 1. The van der Waals surface area contributed by atoms with E-state index >= 15 is 0 Å². The molecule has 1 saturated carbocycles. The van der Waals surface area contributed by atoms with Crippen molar-refractivity contribution in [2.24, 2.45) is 11.7 Å². The van der Waals surface area contributed by atoms with Crippen LogP contribution < -0.4 is 15.8 Å². The van der Waals surface area contributed by atoms with Crippen molar-refractivity contribution in [3.8, 4) is 5.75 Å². The normalized spacial score (nSPS) is 14.7. The average molecular weight is 465 g/mol. The van der Waals surface area contributed by atoms with Crippen LogP contribution in [0.2, 0.25) is 0 Å². The lowest BCUT2D eigenvalue weighted by Crippen LogP contribution is -2.28. The smallest absolute Gasteiger partial charge is 0.335 e. The number of amides is 2. The number of carbonyl (C=O) groups is 3. The minimum atomic E-state index is -1.09. The Morgan fingerprint density at radius 1 is 1.18 bits per heavy atom. The number of carboxylic acid groups (broad SMARTS) is 1. The first-order chi connectivity index (χ1) is 16.4. The van der Waals surface area contributed by atoms with E-state index in [9.17, 15) is 19.5 Å². The number of nitrogens with one attached hydrogen (secondary N) is 2. The van der Waals surface area contributed by atoms with Crippen LogP contribution in [-0.4, -0.2) is 46.7 Å². The predicted octanol–water partition coefficient (Wildman–Crippen LogP) is 3.20. The number of nitrogens with two attached hydrogens (primary N) is 1. The standard InChI is InChI=1S/C25H28N4O5/c1-34-21-11-16(25(32)33)6-8-17(21)18(12-22(26)30)23-19-10-15(7-9-20(19)28-29-23)24(31)27-13-14-4-2-3-5-14/h6-11,14,18H,2-5,12-13H2,1H3,(H2,26,30)(H,27,31)(H,28,29)(H,32,33). The Labute approximate surface area is 196 Å². The van der Waals surface area contributed by atoms with Crippen molar-refractivity contribution in [2.45, 2.75) is 38.0 Å². The van der Waals surface area contributed by atoms with E-state index < -0.39 is 17.8 Å². The molecule has 1 fully saturated rings. The number of primary amides is 1. The molecular formula is C25H28N4O5. The highest BCUT2D eigenvalue weighted by Gasteiger charge is 2.26. The van der Waals surface area contributed by atoms with Gasteiger partial charge in [0.2, 0.25) is 5.91 Å². The van der Waals surface area contributed by atoms with Crippen molar-refractivity contribution in [3.05, 3.63) is 58.8 Å². The van der Waals surface area contributed by atoms with Gasteiger partial charge in [-0.25, -0.2) is 4.79 Å². The van der Waals surface area contributed by atoms with Crippen molar-refractivity contribution in [2.75, 3.05) is 13.7 Å². The quantitative estimate of drug-likeness (QED) is 0.382. The maximum atomic E-state index is 12.8. The lowest BCUT2D eigenvalue weighted by atomic mass is 9.88. The molecule has 1 aliphatic carbocycles. The Morgan fingerprint density at radius 2 is 1.91 bits per heavy atom. The van der Waals surface area contributed by atoms with E-state index in [0.29, 0.717) is 45.9 Å². The number of hydrogen-bond donors (Lipinski definition) is 4. The zero-order valence-corrected chi connectivity index (χ0v) is 19.0. The molecule has 0 saturated heterocycles. The third kappa shape index (κ3) is 4.88. The van der Waals surface area contributed by atoms with Crippen LogP contribution in [-0.2, 0) is 4.79 Å². The molecule has 34 heavy (non-hydrogen) atoms. The fraction of sp³-hybridized carbons (Fsp3) is 0.360. The second-order valence-electron chi connectivity index (χ2n) is 8.71. The summed E-state index contributed by atoms with van der Waals surface area (Å²) in [5.41, 5.74) is 7.93. The van der Waals surface area contributed by atoms with Gasteiger partial charge in [-0.05, 0) is 49.1 Å². The van der Waals surface area contributed by atoms with Crippen LogP contribution in [0.15, 0.2) is 36.4 Å². The highest BCUT2D eigenvalue weighted by atomic mass is 16.5. The number of fused-ring (bicyclic) bond motifs is 1. The molecule has 0 spiro atoms. The monoisotopic (exact) mass is 464 g/mol. The summed E-state index contributed by atoms with van der Waals surface area (Å²) in [5.74, 6) is -1.55. The number of H-pyrrole nitrogens is 1. The highest BCUT2D eigenvalue weighted by Crippen LogP contribution is 2.37. The molecular weight excluding hydrogens is 436 g/mol. The molecule has 9 nitrogen and oxygen atoms in total.